The SMILES string of the molecule is COc1ccc(CN2C(=O)C3(CN(C(C)=O)C3)c3ccc(Cl)cc32)cc1. The summed E-state index contributed by atoms with van der Waals surface area (Å²) in [6.45, 7) is 2.84. The van der Waals surface area contributed by atoms with Crippen LogP contribution in [0.25, 0.3) is 0 Å². The molecule has 0 saturated carbocycles. The number of hydrogen-bond donors (Lipinski definition) is 0. The Balaban J connectivity index is 1.68. The first-order chi connectivity index (χ1) is 12.4. The summed E-state index contributed by atoms with van der Waals surface area (Å²) >= 11 is 6.19. The van der Waals surface area contributed by atoms with Crippen molar-refractivity contribution in [3.8, 4) is 5.75 Å². The van der Waals surface area contributed by atoms with Crippen molar-refractivity contribution in [2.75, 3.05) is 25.1 Å². The number of rotatable bonds is 3. The molecule has 0 bridgehead atoms. The van der Waals surface area contributed by atoms with Gasteiger partial charge < -0.3 is 14.5 Å². The fraction of sp³-hybridized carbons (Fsp3) is 0.300. The van der Waals surface area contributed by atoms with Crippen LogP contribution in [0.15, 0.2) is 42.5 Å². The fourth-order valence-corrected chi connectivity index (χ4v) is 3.99. The third-order valence-corrected chi connectivity index (χ3v) is 5.52. The summed E-state index contributed by atoms with van der Waals surface area (Å²) in [7, 11) is 1.62. The minimum absolute atomic E-state index is 0.00690. The molecular formula is C20H19ClN2O3. The summed E-state index contributed by atoms with van der Waals surface area (Å²) < 4.78 is 5.19. The standard InChI is InChI=1S/C20H19ClN2O3/c1-13(24)22-11-20(12-22)17-8-5-15(21)9-18(17)23(19(20)25)10-14-3-6-16(26-2)7-4-14/h3-9H,10-12H2,1-2H3. The Labute approximate surface area is 157 Å². The van der Waals surface area contributed by atoms with Crippen LogP contribution in [0.2, 0.25) is 5.02 Å². The molecule has 2 aliphatic heterocycles. The number of nitrogens with zero attached hydrogens (tertiary/aromatic N) is 2. The summed E-state index contributed by atoms with van der Waals surface area (Å²) in [5.41, 5.74) is 2.15. The van der Waals surface area contributed by atoms with Crippen LogP contribution >= 0.6 is 11.6 Å². The van der Waals surface area contributed by atoms with Crippen molar-refractivity contribution in [3.05, 3.63) is 58.6 Å². The summed E-state index contributed by atoms with van der Waals surface area (Å²) in [5, 5.41) is 0.594. The van der Waals surface area contributed by atoms with Crippen LogP contribution in [0.4, 0.5) is 5.69 Å². The van der Waals surface area contributed by atoms with Gasteiger partial charge in [-0.05, 0) is 35.4 Å². The van der Waals surface area contributed by atoms with Crippen molar-refractivity contribution in [2.45, 2.75) is 18.9 Å². The number of anilines is 1. The van der Waals surface area contributed by atoms with Gasteiger partial charge in [-0.2, -0.15) is 0 Å². The third-order valence-electron chi connectivity index (χ3n) is 5.29. The molecule has 1 spiro atoms. The topological polar surface area (TPSA) is 49.9 Å². The van der Waals surface area contributed by atoms with Gasteiger partial charge in [-0.25, -0.2) is 0 Å². The zero-order valence-electron chi connectivity index (χ0n) is 14.7. The van der Waals surface area contributed by atoms with E-state index in [4.69, 9.17) is 16.3 Å². The quantitative estimate of drug-likeness (QED) is 0.834. The lowest BCUT2D eigenvalue weighted by Crippen LogP contribution is -2.64. The first-order valence-electron chi connectivity index (χ1n) is 8.45. The van der Waals surface area contributed by atoms with Crippen molar-refractivity contribution in [1.82, 2.24) is 4.90 Å². The monoisotopic (exact) mass is 370 g/mol. The van der Waals surface area contributed by atoms with E-state index in [-0.39, 0.29) is 11.8 Å². The molecule has 2 amide bonds. The minimum Gasteiger partial charge on any atom is -0.497 e. The summed E-state index contributed by atoms with van der Waals surface area (Å²) in [6, 6.07) is 13.2. The number of carbonyl (C=O) groups excluding carboxylic acids is 2. The summed E-state index contributed by atoms with van der Waals surface area (Å²) in [4.78, 5) is 28.4. The lowest BCUT2D eigenvalue weighted by Gasteiger charge is -2.46. The van der Waals surface area contributed by atoms with Crippen LogP contribution in [0.5, 0.6) is 5.75 Å². The number of hydrogen-bond acceptors (Lipinski definition) is 3. The van der Waals surface area contributed by atoms with Gasteiger partial charge in [0, 0.05) is 30.7 Å². The highest BCUT2D eigenvalue weighted by atomic mass is 35.5. The smallest absolute Gasteiger partial charge is 0.241 e. The normalized spacial score (nSPS) is 17.3. The van der Waals surface area contributed by atoms with Gasteiger partial charge in [0.2, 0.25) is 11.8 Å². The van der Waals surface area contributed by atoms with Crippen LogP contribution in [0.3, 0.4) is 0 Å². The Morgan fingerprint density at radius 1 is 1.19 bits per heavy atom. The molecule has 1 saturated heterocycles. The second-order valence-corrected chi connectivity index (χ2v) is 7.29. The summed E-state index contributed by atoms with van der Waals surface area (Å²) in [5.74, 6) is 0.799. The van der Waals surface area contributed by atoms with Gasteiger partial charge in [0.1, 0.15) is 11.2 Å². The molecule has 4 rings (SSSR count). The van der Waals surface area contributed by atoms with E-state index in [2.05, 4.69) is 0 Å². The third kappa shape index (κ3) is 2.46. The second-order valence-electron chi connectivity index (χ2n) is 6.86. The second kappa shape index (κ2) is 6.02. The van der Waals surface area contributed by atoms with E-state index in [0.29, 0.717) is 24.7 Å². The van der Waals surface area contributed by atoms with Crippen molar-refractivity contribution < 1.29 is 14.3 Å². The Morgan fingerprint density at radius 3 is 2.50 bits per heavy atom. The first-order valence-corrected chi connectivity index (χ1v) is 8.83. The van der Waals surface area contributed by atoms with Gasteiger partial charge in [-0.3, -0.25) is 9.59 Å². The van der Waals surface area contributed by atoms with E-state index in [1.165, 1.54) is 6.92 Å². The molecule has 134 valence electrons. The highest BCUT2D eigenvalue weighted by Crippen LogP contribution is 2.48. The van der Waals surface area contributed by atoms with Crippen LogP contribution in [-0.4, -0.2) is 36.9 Å². The Bertz CT molecular complexity index is 888. The van der Waals surface area contributed by atoms with Crippen LogP contribution in [0, 0.1) is 0 Å². The highest BCUT2D eigenvalue weighted by molar-refractivity contribution is 6.31. The molecule has 2 aliphatic rings. The van der Waals surface area contributed by atoms with Crippen LogP contribution < -0.4 is 9.64 Å². The molecular weight excluding hydrogens is 352 g/mol. The first kappa shape index (κ1) is 16.9. The molecule has 0 atom stereocenters. The Hall–Kier alpha value is -2.53. The van der Waals surface area contributed by atoms with Crippen molar-refractivity contribution >= 4 is 29.1 Å². The molecule has 0 unspecified atom stereocenters. The number of halogens is 1. The summed E-state index contributed by atoms with van der Waals surface area (Å²) in [6.07, 6.45) is 0. The molecule has 0 radical (unpaired) electrons. The lowest BCUT2D eigenvalue weighted by atomic mass is 9.74. The lowest BCUT2D eigenvalue weighted by molar-refractivity contribution is -0.142. The predicted molar refractivity (Wildman–Crippen MR) is 99.6 cm³/mol. The van der Waals surface area contributed by atoms with E-state index in [0.717, 1.165) is 22.6 Å². The minimum atomic E-state index is -0.641. The van der Waals surface area contributed by atoms with Gasteiger partial charge in [0.05, 0.1) is 13.7 Å². The van der Waals surface area contributed by atoms with E-state index >= 15 is 0 Å². The molecule has 2 aromatic rings. The zero-order chi connectivity index (χ0) is 18.5. The number of ether oxygens (including phenoxy) is 1. The van der Waals surface area contributed by atoms with E-state index in [9.17, 15) is 9.59 Å². The molecule has 0 aromatic heterocycles. The van der Waals surface area contributed by atoms with Gasteiger partial charge in [0.25, 0.3) is 0 Å². The number of benzene rings is 2. The van der Waals surface area contributed by atoms with E-state index in [1.54, 1.807) is 16.9 Å². The highest BCUT2D eigenvalue weighted by Gasteiger charge is 2.58. The van der Waals surface area contributed by atoms with Crippen molar-refractivity contribution in [3.63, 3.8) is 0 Å². The number of amides is 2. The molecule has 26 heavy (non-hydrogen) atoms. The zero-order valence-corrected chi connectivity index (χ0v) is 15.4. The largest absolute Gasteiger partial charge is 0.497 e. The molecule has 0 N–H and O–H groups in total. The molecule has 2 heterocycles. The van der Waals surface area contributed by atoms with Gasteiger partial charge in [0.15, 0.2) is 0 Å². The van der Waals surface area contributed by atoms with Gasteiger partial charge in [-0.15, -0.1) is 0 Å². The molecule has 6 heteroatoms. The Morgan fingerprint density at radius 2 is 1.88 bits per heavy atom. The number of methoxy groups -OCH3 is 1. The number of fused-ring (bicyclic) bond motifs is 2. The van der Waals surface area contributed by atoms with Gasteiger partial charge in [-0.1, -0.05) is 29.8 Å². The van der Waals surface area contributed by atoms with E-state index in [1.807, 2.05) is 42.5 Å². The van der Waals surface area contributed by atoms with Crippen LogP contribution in [-0.2, 0) is 21.5 Å². The maximum Gasteiger partial charge on any atom is 0.241 e. The maximum absolute atomic E-state index is 13.3. The van der Waals surface area contributed by atoms with E-state index < -0.39 is 5.41 Å². The fourth-order valence-electron chi connectivity index (χ4n) is 3.82. The Kier molecular flexibility index (Phi) is 3.92. The number of likely N-dealkylation sites (tertiary alicyclic amines) is 1. The van der Waals surface area contributed by atoms with Crippen molar-refractivity contribution in [1.29, 1.82) is 0 Å². The van der Waals surface area contributed by atoms with Gasteiger partial charge >= 0.3 is 0 Å². The average molecular weight is 371 g/mol. The molecule has 1 fully saturated rings. The molecule has 2 aromatic carbocycles. The predicted octanol–water partition coefficient (Wildman–Crippen LogP) is 3.00. The van der Waals surface area contributed by atoms with Crippen LogP contribution in [0.1, 0.15) is 18.1 Å². The van der Waals surface area contributed by atoms with Crippen molar-refractivity contribution in [2.24, 2.45) is 0 Å². The number of carbonyl (C=O) groups is 2. The maximum atomic E-state index is 13.3. The molecule has 5 nitrogen and oxygen atoms in total. The molecule has 0 aliphatic carbocycles. The average Bonchev–Trinajstić information content (AvgIpc) is 2.82.